The molecule has 0 saturated carbocycles. The predicted octanol–water partition coefficient (Wildman–Crippen LogP) is 1.87. The van der Waals surface area contributed by atoms with E-state index in [0.29, 0.717) is 5.69 Å². The van der Waals surface area contributed by atoms with E-state index in [0.717, 1.165) is 13.0 Å². The quantitative estimate of drug-likeness (QED) is 0.591. The summed E-state index contributed by atoms with van der Waals surface area (Å²) in [5.41, 5.74) is 0.444. The van der Waals surface area contributed by atoms with Crippen LogP contribution in [0.3, 0.4) is 0 Å². The van der Waals surface area contributed by atoms with Crippen LogP contribution in [-0.2, 0) is 0 Å². The first-order chi connectivity index (χ1) is 9.86. The van der Waals surface area contributed by atoms with Gasteiger partial charge in [0.25, 0.3) is 11.6 Å². The lowest BCUT2D eigenvalue weighted by atomic mass is 10.1. The largest absolute Gasteiger partial charge is 0.392 e. The van der Waals surface area contributed by atoms with Gasteiger partial charge in [-0.25, -0.2) is 0 Å². The van der Waals surface area contributed by atoms with E-state index >= 15 is 0 Å². The van der Waals surface area contributed by atoms with Crippen LogP contribution in [0, 0.1) is 10.1 Å². The molecule has 1 unspecified atom stereocenters. The first-order valence-corrected chi connectivity index (χ1v) is 6.82. The predicted molar refractivity (Wildman–Crippen MR) is 80.5 cm³/mol. The Balaban J connectivity index is 3.10. The van der Waals surface area contributed by atoms with E-state index in [4.69, 9.17) is 0 Å². The summed E-state index contributed by atoms with van der Waals surface area (Å²) in [4.78, 5) is 24.1. The monoisotopic (exact) mass is 295 g/mol. The maximum absolute atomic E-state index is 12.3. The van der Waals surface area contributed by atoms with E-state index in [1.54, 1.807) is 13.0 Å². The van der Waals surface area contributed by atoms with E-state index in [1.165, 1.54) is 24.1 Å². The van der Waals surface area contributed by atoms with E-state index in [-0.39, 0.29) is 17.8 Å². The average Bonchev–Trinajstić information content (AvgIpc) is 2.43. The van der Waals surface area contributed by atoms with E-state index in [9.17, 15) is 20.0 Å². The lowest BCUT2D eigenvalue weighted by Gasteiger charge is -2.19. The summed E-state index contributed by atoms with van der Waals surface area (Å²) in [7, 11) is 1.50. The molecule has 0 aliphatic heterocycles. The molecule has 0 heterocycles. The Morgan fingerprint density at radius 3 is 2.71 bits per heavy atom. The highest BCUT2D eigenvalue weighted by atomic mass is 16.6. The summed E-state index contributed by atoms with van der Waals surface area (Å²) in [5, 5.41) is 23.5. The lowest BCUT2D eigenvalue weighted by Crippen LogP contribution is -2.33. The first kappa shape index (κ1) is 16.9. The van der Waals surface area contributed by atoms with Crippen molar-refractivity contribution in [3.05, 3.63) is 33.9 Å². The molecular weight excluding hydrogens is 274 g/mol. The number of carbonyl (C=O) groups is 1. The van der Waals surface area contributed by atoms with E-state index < -0.39 is 16.9 Å². The summed E-state index contributed by atoms with van der Waals surface area (Å²) in [6.07, 6.45) is 0.210. The molecule has 0 spiro atoms. The minimum absolute atomic E-state index is 0.0178. The van der Waals surface area contributed by atoms with Crippen LogP contribution < -0.4 is 5.32 Å². The minimum atomic E-state index is -0.695. The van der Waals surface area contributed by atoms with Crippen molar-refractivity contribution in [3.8, 4) is 0 Å². The van der Waals surface area contributed by atoms with Gasteiger partial charge in [0.2, 0.25) is 0 Å². The van der Waals surface area contributed by atoms with Crippen LogP contribution >= 0.6 is 0 Å². The molecule has 1 aromatic carbocycles. The molecule has 7 nitrogen and oxygen atoms in total. The fraction of sp³-hybridized carbons (Fsp3) is 0.500. The minimum Gasteiger partial charge on any atom is -0.392 e. The molecule has 0 radical (unpaired) electrons. The number of likely N-dealkylation sites (N-methyl/N-ethyl adjacent to an activating group) is 1. The van der Waals surface area contributed by atoms with E-state index in [2.05, 4.69) is 5.32 Å². The van der Waals surface area contributed by atoms with Gasteiger partial charge in [-0.05, 0) is 25.5 Å². The molecule has 1 aromatic rings. The molecule has 116 valence electrons. The zero-order valence-corrected chi connectivity index (χ0v) is 12.5. The van der Waals surface area contributed by atoms with Crippen LogP contribution in [0.1, 0.15) is 30.6 Å². The molecular formula is C14H21N3O4. The molecule has 0 saturated heterocycles. The Kier molecular flexibility index (Phi) is 6.10. The third-order valence-corrected chi connectivity index (χ3v) is 2.89. The molecule has 0 fully saturated rings. The number of aliphatic hydroxyl groups excluding tert-OH is 1. The van der Waals surface area contributed by atoms with Gasteiger partial charge in [-0.2, -0.15) is 0 Å². The number of amides is 1. The van der Waals surface area contributed by atoms with Gasteiger partial charge in [-0.15, -0.1) is 0 Å². The molecule has 2 N–H and O–H groups in total. The topological polar surface area (TPSA) is 95.7 Å². The third-order valence-electron chi connectivity index (χ3n) is 2.89. The van der Waals surface area contributed by atoms with Crippen molar-refractivity contribution in [1.29, 1.82) is 0 Å². The van der Waals surface area contributed by atoms with Gasteiger partial charge in [-0.1, -0.05) is 6.92 Å². The fourth-order valence-electron chi connectivity index (χ4n) is 1.93. The van der Waals surface area contributed by atoms with Crippen molar-refractivity contribution < 1.29 is 14.8 Å². The second kappa shape index (κ2) is 7.58. The average molecular weight is 295 g/mol. The van der Waals surface area contributed by atoms with Crippen molar-refractivity contribution in [2.75, 3.05) is 25.5 Å². The van der Waals surface area contributed by atoms with Gasteiger partial charge in [0.1, 0.15) is 5.56 Å². The molecule has 0 aromatic heterocycles. The van der Waals surface area contributed by atoms with Gasteiger partial charge >= 0.3 is 0 Å². The molecule has 0 aliphatic rings. The summed E-state index contributed by atoms with van der Waals surface area (Å²) < 4.78 is 0. The molecule has 21 heavy (non-hydrogen) atoms. The fourth-order valence-corrected chi connectivity index (χ4v) is 1.93. The molecule has 0 bridgehead atoms. The number of nitro benzene ring substituents is 1. The number of hydrogen-bond donors (Lipinski definition) is 2. The Labute approximate surface area is 123 Å². The highest BCUT2D eigenvalue weighted by Gasteiger charge is 2.23. The summed E-state index contributed by atoms with van der Waals surface area (Å²) >= 11 is 0. The summed E-state index contributed by atoms with van der Waals surface area (Å²) in [6, 6.07) is 4.38. The standard InChI is InChI=1S/C14H21N3O4/c1-4-7-15-11-5-6-13(17(20)21)12(8-11)14(19)16(3)9-10(2)18/h5-6,8,10,15,18H,4,7,9H2,1-3H3. The lowest BCUT2D eigenvalue weighted by molar-refractivity contribution is -0.385. The molecule has 1 atom stereocenters. The molecule has 0 aliphatic carbocycles. The van der Waals surface area contributed by atoms with Crippen LogP contribution in [-0.4, -0.2) is 47.1 Å². The second-order valence-corrected chi connectivity index (χ2v) is 4.95. The molecule has 7 heteroatoms. The second-order valence-electron chi connectivity index (χ2n) is 4.95. The highest BCUT2D eigenvalue weighted by Crippen LogP contribution is 2.24. The number of benzene rings is 1. The van der Waals surface area contributed by atoms with Crippen LogP contribution in [0.4, 0.5) is 11.4 Å². The maximum Gasteiger partial charge on any atom is 0.282 e. The van der Waals surface area contributed by atoms with Gasteiger partial charge in [-0.3, -0.25) is 14.9 Å². The van der Waals surface area contributed by atoms with Crippen LogP contribution in [0.15, 0.2) is 18.2 Å². The zero-order chi connectivity index (χ0) is 16.0. The van der Waals surface area contributed by atoms with Crippen molar-refractivity contribution in [3.63, 3.8) is 0 Å². The van der Waals surface area contributed by atoms with E-state index in [1.807, 2.05) is 6.92 Å². The normalized spacial score (nSPS) is 11.8. The number of hydrogen-bond acceptors (Lipinski definition) is 5. The van der Waals surface area contributed by atoms with Gasteiger partial charge in [0.15, 0.2) is 0 Å². The van der Waals surface area contributed by atoms with Crippen LogP contribution in [0.25, 0.3) is 0 Å². The Hall–Kier alpha value is -2.15. The van der Waals surface area contributed by atoms with Crippen molar-refractivity contribution in [2.24, 2.45) is 0 Å². The number of aliphatic hydroxyl groups is 1. The SMILES string of the molecule is CCCNc1ccc([N+](=O)[O-])c(C(=O)N(C)CC(C)O)c1. The Bertz CT molecular complexity index is 517. The van der Waals surface area contributed by atoms with Crippen molar-refractivity contribution >= 4 is 17.3 Å². The number of rotatable bonds is 7. The van der Waals surface area contributed by atoms with Crippen LogP contribution in [0.2, 0.25) is 0 Å². The van der Waals surface area contributed by atoms with Crippen LogP contribution in [0.5, 0.6) is 0 Å². The smallest absolute Gasteiger partial charge is 0.282 e. The Morgan fingerprint density at radius 1 is 1.52 bits per heavy atom. The van der Waals surface area contributed by atoms with Gasteiger partial charge in [0.05, 0.1) is 11.0 Å². The van der Waals surface area contributed by atoms with Crippen molar-refractivity contribution in [2.45, 2.75) is 26.4 Å². The van der Waals surface area contributed by atoms with Gasteiger partial charge in [0, 0.05) is 31.9 Å². The highest BCUT2D eigenvalue weighted by molar-refractivity contribution is 5.99. The number of carbonyl (C=O) groups excluding carboxylic acids is 1. The number of nitrogens with zero attached hydrogens (tertiary/aromatic N) is 2. The number of anilines is 1. The maximum atomic E-state index is 12.3. The van der Waals surface area contributed by atoms with Gasteiger partial charge < -0.3 is 15.3 Å². The first-order valence-electron chi connectivity index (χ1n) is 6.82. The summed E-state index contributed by atoms with van der Waals surface area (Å²) in [5.74, 6) is -0.484. The summed E-state index contributed by atoms with van der Waals surface area (Å²) in [6.45, 7) is 4.38. The zero-order valence-electron chi connectivity index (χ0n) is 12.5. The molecule has 1 amide bonds. The van der Waals surface area contributed by atoms with Crippen molar-refractivity contribution in [1.82, 2.24) is 4.90 Å². The number of nitrogens with one attached hydrogen (secondary N) is 1. The third kappa shape index (κ3) is 4.71. The molecule has 1 rings (SSSR count). The Morgan fingerprint density at radius 2 is 2.19 bits per heavy atom. The number of nitro groups is 1.